The van der Waals surface area contributed by atoms with Gasteiger partial charge in [-0.25, -0.2) is 8.42 Å². The highest BCUT2D eigenvalue weighted by atomic mass is 32.2. The summed E-state index contributed by atoms with van der Waals surface area (Å²) in [6.45, 7) is 0.164. The summed E-state index contributed by atoms with van der Waals surface area (Å²) >= 11 is 0. The molecule has 0 spiro atoms. The molecule has 28 heavy (non-hydrogen) atoms. The molecule has 0 radical (unpaired) electrons. The van der Waals surface area contributed by atoms with E-state index in [4.69, 9.17) is 0 Å². The van der Waals surface area contributed by atoms with Crippen LogP contribution in [0.3, 0.4) is 0 Å². The summed E-state index contributed by atoms with van der Waals surface area (Å²) in [5.41, 5.74) is 0.676. The summed E-state index contributed by atoms with van der Waals surface area (Å²) < 4.78 is 66.3. The number of nitrogens with zero attached hydrogens (tertiary/aromatic N) is 1. The molecule has 1 heterocycles. The van der Waals surface area contributed by atoms with Crippen molar-refractivity contribution < 1.29 is 31.1 Å². The Morgan fingerprint density at radius 1 is 1.04 bits per heavy atom. The fourth-order valence-corrected chi connectivity index (χ4v) is 4.99. The maximum atomic E-state index is 12.7. The van der Waals surface area contributed by atoms with Gasteiger partial charge in [-0.15, -0.1) is 13.2 Å². The maximum Gasteiger partial charge on any atom is 0.573 e. The molecular formula is C19H18F3NO4S. The number of carbonyl (C=O) groups excluding carboxylic acids is 1. The first-order chi connectivity index (χ1) is 13.2. The molecule has 0 bridgehead atoms. The summed E-state index contributed by atoms with van der Waals surface area (Å²) in [4.78, 5) is 14.1. The molecule has 1 atom stereocenters. The zero-order valence-electron chi connectivity index (χ0n) is 14.7. The van der Waals surface area contributed by atoms with E-state index in [1.54, 1.807) is 30.3 Å². The minimum Gasteiger partial charge on any atom is -0.406 e. The molecule has 5 nitrogen and oxygen atoms in total. The smallest absolute Gasteiger partial charge is 0.406 e. The van der Waals surface area contributed by atoms with Crippen molar-refractivity contribution in [3.8, 4) is 5.75 Å². The minimum absolute atomic E-state index is 0.0114. The molecule has 9 heteroatoms. The van der Waals surface area contributed by atoms with Crippen LogP contribution in [0.25, 0.3) is 0 Å². The van der Waals surface area contributed by atoms with Gasteiger partial charge in [0.1, 0.15) is 5.75 Å². The standard InChI is InChI=1S/C19H18F3NO4S/c20-19(21,22)27-16-8-4-7-15(13-16)18(24)23-10-9-17(28(25,26)12-11-23)14-5-2-1-3-6-14/h1-8,13,17H,9-12H2. The Kier molecular flexibility index (Phi) is 5.64. The summed E-state index contributed by atoms with van der Waals surface area (Å²) in [5, 5.41) is -0.716. The number of alkyl halides is 3. The summed E-state index contributed by atoms with van der Waals surface area (Å²) in [6, 6.07) is 13.5. The van der Waals surface area contributed by atoms with Crippen molar-refractivity contribution in [3.05, 3.63) is 65.7 Å². The Morgan fingerprint density at radius 2 is 1.75 bits per heavy atom. The first-order valence-corrected chi connectivity index (χ1v) is 10.3. The van der Waals surface area contributed by atoms with Crippen molar-refractivity contribution in [1.82, 2.24) is 4.90 Å². The van der Waals surface area contributed by atoms with Gasteiger partial charge in [-0.05, 0) is 30.2 Å². The molecule has 1 saturated heterocycles. The third-order valence-electron chi connectivity index (χ3n) is 4.51. The topological polar surface area (TPSA) is 63.7 Å². The van der Waals surface area contributed by atoms with E-state index in [0.29, 0.717) is 5.56 Å². The highest BCUT2D eigenvalue weighted by Gasteiger charge is 2.34. The number of halogens is 3. The number of hydrogen-bond acceptors (Lipinski definition) is 4. The molecule has 0 aliphatic carbocycles. The predicted molar refractivity (Wildman–Crippen MR) is 96.6 cm³/mol. The molecule has 0 N–H and O–H groups in total. The molecule has 3 rings (SSSR count). The molecule has 2 aromatic carbocycles. The fourth-order valence-electron chi connectivity index (χ4n) is 3.20. The van der Waals surface area contributed by atoms with Crippen LogP contribution in [0.5, 0.6) is 5.75 Å². The minimum atomic E-state index is -4.86. The van der Waals surface area contributed by atoms with Crippen LogP contribution in [0.2, 0.25) is 0 Å². The van der Waals surface area contributed by atoms with E-state index in [0.717, 1.165) is 12.1 Å². The summed E-state index contributed by atoms with van der Waals surface area (Å²) in [5.74, 6) is -1.24. The van der Waals surface area contributed by atoms with Crippen molar-refractivity contribution in [3.63, 3.8) is 0 Å². The summed E-state index contributed by atoms with van der Waals surface area (Å²) in [7, 11) is -3.46. The quantitative estimate of drug-likeness (QED) is 0.772. The lowest BCUT2D eigenvalue weighted by Gasteiger charge is -2.20. The lowest BCUT2D eigenvalue weighted by atomic mass is 10.1. The van der Waals surface area contributed by atoms with Gasteiger partial charge in [0.15, 0.2) is 9.84 Å². The lowest BCUT2D eigenvalue weighted by Crippen LogP contribution is -2.33. The zero-order valence-corrected chi connectivity index (χ0v) is 15.5. The van der Waals surface area contributed by atoms with Crippen molar-refractivity contribution in [2.45, 2.75) is 18.0 Å². The number of hydrogen-bond donors (Lipinski definition) is 0. The fraction of sp³-hybridized carbons (Fsp3) is 0.316. The van der Waals surface area contributed by atoms with E-state index in [2.05, 4.69) is 4.74 Å². The van der Waals surface area contributed by atoms with Gasteiger partial charge >= 0.3 is 6.36 Å². The molecule has 1 fully saturated rings. The van der Waals surface area contributed by atoms with Gasteiger partial charge in [-0.3, -0.25) is 4.79 Å². The predicted octanol–water partition coefficient (Wildman–Crippen LogP) is 3.59. The molecule has 2 aromatic rings. The number of rotatable bonds is 3. The maximum absolute atomic E-state index is 12.7. The normalized spacial score (nSPS) is 19.7. The van der Waals surface area contributed by atoms with Gasteiger partial charge in [-0.1, -0.05) is 36.4 Å². The molecule has 1 unspecified atom stereocenters. The monoisotopic (exact) mass is 413 g/mol. The van der Waals surface area contributed by atoms with E-state index in [1.807, 2.05) is 0 Å². The number of sulfone groups is 1. The van der Waals surface area contributed by atoms with Crippen LogP contribution in [0.4, 0.5) is 13.2 Å². The van der Waals surface area contributed by atoms with Crippen LogP contribution in [-0.2, 0) is 9.84 Å². The van der Waals surface area contributed by atoms with Gasteiger partial charge in [0, 0.05) is 18.7 Å². The zero-order chi connectivity index (χ0) is 20.4. The first kappa shape index (κ1) is 20.2. The van der Waals surface area contributed by atoms with E-state index < -0.39 is 33.1 Å². The van der Waals surface area contributed by atoms with Gasteiger partial charge in [0.25, 0.3) is 5.91 Å². The van der Waals surface area contributed by atoms with Crippen molar-refractivity contribution in [2.75, 3.05) is 18.8 Å². The number of ether oxygens (including phenoxy) is 1. The van der Waals surface area contributed by atoms with Gasteiger partial charge in [0.05, 0.1) is 11.0 Å². The average Bonchev–Trinajstić information content (AvgIpc) is 2.79. The Hall–Kier alpha value is -2.55. The third kappa shape index (κ3) is 4.83. The number of benzene rings is 2. The summed E-state index contributed by atoms with van der Waals surface area (Å²) in [6.07, 6.45) is -4.64. The molecule has 1 amide bonds. The SMILES string of the molecule is O=C(c1cccc(OC(F)(F)F)c1)N1CCC(c2ccccc2)S(=O)(=O)CC1. The molecule has 1 aliphatic rings. The van der Waals surface area contributed by atoms with E-state index in [1.165, 1.54) is 17.0 Å². The number of carbonyl (C=O) groups is 1. The Bertz CT molecular complexity index is 945. The Morgan fingerprint density at radius 3 is 2.43 bits per heavy atom. The molecule has 0 saturated carbocycles. The molecule has 1 aliphatic heterocycles. The van der Waals surface area contributed by atoms with Crippen LogP contribution in [0, 0.1) is 0 Å². The van der Waals surface area contributed by atoms with Crippen LogP contribution < -0.4 is 4.74 Å². The van der Waals surface area contributed by atoms with Gasteiger partial charge in [0.2, 0.25) is 0 Å². The Labute approximate surface area is 160 Å². The van der Waals surface area contributed by atoms with Gasteiger partial charge in [-0.2, -0.15) is 0 Å². The van der Waals surface area contributed by atoms with Crippen LogP contribution in [0.15, 0.2) is 54.6 Å². The van der Waals surface area contributed by atoms with Gasteiger partial charge < -0.3 is 9.64 Å². The molecule has 0 aromatic heterocycles. The number of amides is 1. The largest absolute Gasteiger partial charge is 0.573 e. The first-order valence-electron chi connectivity index (χ1n) is 8.57. The van der Waals surface area contributed by atoms with Crippen molar-refractivity contribution in [1.29, 1.82) is 0 Å². The van der Waals surface area contributed by atoms with Crippen molar-refractivity contribution >= 4 is 15.7 Å². The van der Waals surface area contributed by atoms with Crippen LogP contribution >= 0.6 is 0 Å². The Balaban J connectivity index is 1.78. The lowest BCUT2D eigenvalue weighted by molar-refractivity contribution is -0.274. The van der Waals surface area contributed by atoms with Crippen molar-refractivity contribution in [2.24, 2.45) is 0 Å². The second-order valence-electron chi connectivity index (χ2n) is 6.42. The highest BCUT2D eigenvalue weighted by Crippen LogP contribution is 2.30. The second-order valence-corrected chi connectivity index (χ2v) is 8.73. The van der Waals surface area contributed by atoms with Crippen LogP contribution in [0.1, 0.15) is 27.6 Å². The van der Waals surface area contributed by atoms with E-state index >= 15 is 0 Å². The highest BCUT2D eigenvalue weighted by molar-refractivity contribution is 7.91. The average molecular weight is 413 g/mol. The third-order valence-corrected chi connectivity index (χ3v) is 6.64. The molecule has 150 valence electrons. The van der Waals surface area contributed by atoms with Crippen LogP contribution in [-0.4, -0.2) is 44.4 Å². The van der Waals surface area contributed by atoms with E-state index in [-0.39, 0.29) is 30.8 Å². The molecular weight excluding hydrogens is 395 g/mol. The second kappa shape index (κ2) is 7.83. The van der Waals surface area contributed by atoms with E-state index in [9.17, 15) is 26.4 Å².